The topological polar surface area (TPSA) is 75.4 Å². The van der Waals surface area contributed by atoms with Crippen molar-refractivity contribution in [3.8, 4) is 11.5 Å². The molecule has 0 aliphatic carbocycles. The van der Waals surface area contributed by atoms with E-state index in [1.807, 2.05) is 35.2 Å². The molecule has 2 aromatic rings. The van der Waals surface area contributed by atoms with Gasteiger partial charge in [0.05, 0.1) is 11.4 Å². The summed E-state index contributed by atoms with van der Waals surface area (Å²) in [6.45, 7) is 1.91. The van der Waals surface area contributed by atoms with Gasteiger partial charge in [0, 0.05) is 37.4 Å². The zero-order valence-electron chi connectivity index (χ0n) is 15.4. The van der Waals surface area contributed by atoms with E-state index in [4.69, 9.17) is 4.42 Å². The minimum absolute atomic E-state index is 0.0194. The van der Waals surface area contributed by atoms with Crippen molar-refractivity contribution < 1.29 is 14.0 Å². The van der Waals surface area contributed by atoms with Gasteiger partial charge in [0.2, 0.25) is 17.7 Å². The molecule has 7 heteroatoms. The van der Waals surface area contributed by atoms with Crippen LogP contribution in [0.15, 0.2) is 41.0 Å². The van der Waals surface area contributed by atoms with Crippen LogP contribution in [0, 0.1) is 0 Å². The van der Waals surface area contributed by atoms with Crippen LogP contribution in [0.2, 0.25) is 0 Å². The van der Waals surface area contributed by atoms with E-state index in [2.05, 4.69) is 10.3 Å². The predicted octanol–water partition coefficient (Wildman–Crippen LogP) is 3.09. The van der Waals surface area contributed by atoms with Crippen LogP contribution in [0.3, 0.4) is 0 Å². The summed E-state index contributed by atoms with van der Waals surface area (Å²) >= 11 is 1.50. The molecule has 27 heavy (non-hydrogen) atoms. The van der Waals surface area contributed by atoms with Gasteiger partial charge in [0.25, 0.3) is 0 Å². The van der Waals surface area contributed by atoms with Gasteiger partial charge < -0.3 is 14.6 Å². The van der Waals surface area contributed by atoms with E-state index in [-0.39, 0.29) is 11.8 Å². The molecule has 2 heterocycles. The normalized spacial score (nSPS) is 14.8. The fourth-order valence-corrected chi connectivity index (χ4v) is 3.72. The maximum absolute atomic E-state index is 12.0. The number of carbonyl (C=O) groups is 2. The highest BCUT2D eigenvalue weighted by molar-refractivity contribution is 7.99. The molecule has 1 aromatic carbocycles. The third-order valence-electron chi connectivity index (χ3n) is 4.43. The van der Waals surface area contributed by atoms with E-state index in [0.29, 0.717) is 36.9 Å². The molecule has 1 saturated heterocycles. The Labute approximate surface area is 163 Å². The molecule has 0 saturated carbocycles. The molecular formula is C20H25N3O3S. The Morgan fingerprint density at radius 2 is 2.07 bits per heavy atom. The fourth-order valence-electron chi connectivity index (χ4n) is 2.99. The first-order chi connectivity index (χ1) is 13.2. The number of nitrogens with one attached hydrogen (secondary N) is 1. The van der Waals surface area contributed by atoms with Crippen molar-refractivity contribution in [3.63, 3.8) is 0 Å². The number of likely N-dealkylation sites (tertiary alicyclic amines) is 1. The minimum Gasteiger partial charge on any atom is -0.444 e. The summed E-state index contributed by atoms with van der Waals surface area (Å²) in [5, 5.41) is 2.89. The van der Waals surface area contributed by atoms with Gasteiger partial charge in [-0.3, -0.25) is 9.59 Å². The first-order valence-electron chi connectivity index (χ1n) is 9.34. The zero-order chi connectivity index (χ0) is 18.9. The molecule has 1 aliphatic rings. The second-order valence-corrected chi connectivity index (χ2v) is 7.53. The van der Waals surface area contributed by atoms with Gasteiger partial charge in [-0.05, 0) is 25.0 Å². The average molecular weight is 388 g/mol. The van der Waals surface area contributed by atoms with Crippen molar-refractivity contribution >= 4 is 23.6 Å². The van der Waals surface area contributed by atoms with Crippen LogP contribution in [0.4, 0.5) is 0 Å². The number of hydrogen-bond donors (Lipinski definition) is 1. The van der Waals surface area contributed by atoms with Crippen molar-refractivity contribution in [1.82, 2.24) is 15.2 Å². The number of thioether (sulfide) groups is 1. The Morgan fingerprint density at radius 3 is 2.93 bits per heavy atom. The van der Waals surface area contributed by atoms with Crippen LogP contribution in [0.5, 0.6) is 0 Å². The number of carbonyl (C=O) groups excluding carboxylic acids is 2. The molecule has 3 rings (SSSR count). The molecule has 0 atom stereocenters. The second kappa shape index (κ2) is 10.2. The highest BCUT2D eigenvalue weighted by Crippen LogP contribution is 2.20. The molecule has 0 spiro atoms. The Bertz CT molecular complexity index is 748. The maximum atomic E-state index is 12.0. The Hall–Kier alpha value is -2.28. The third-order valence-corrected chi connectivity index (χ3v) is 5.40. The van der Waals surface area contributed by atoms with Crippen molar-refractivity contribution in [1.29, 1.82) is 0 Å². The van der Waals surface area contributed by atoms with E-state index < -0.39 is 0 Å². The highest BCUT2D eigenvalue weighted by atomic mass is 32.2. The van der Waals surface area contributed by atoms with Gasteiger partial charge in [0.1, 0.15) is 6.26 Å². The molecule has 2 amide bonds. The fraction of sp³-hybridized carbons (Fsp3) is 0.450. The smallest absolute Gasteiger partial charge is 0.230 e. The van der Waals surface area contributed by atoms with Gasteiger partial charge in [-0.25, -0.2) is 4.98 Å². The van der Waals surface area contributed by atoms with Crippen molar-refractivity contribution in [2.45, 2.75) is 31.4 Å². The summed E-state index contributed by atoms with van der Waals surface area (Å²) in [7, 11) is 0. The molecule has 1 aliphatic heterocycles. The third kappa shape index (κ3) is 6.13. The van der Waals surface area contributed by atoms with Crippen molar-refractivity contribution in [3.05, 3.63) is 42.3 Å². The highest BCUT2D eigenvalue weighted by Gasteiger charge is 2.16. The van der Waals surface area contributed by atoms with Gasteiger partial charge in [0.15, 0.2) is 0 Å². The molecule has 1 fully saturated rings. The average Bonchev–Trinajstić information content (AvgIpc) is 3.06. The van der Waals surface area contributed by atoms with Crippen LogP contribution in [-0.2, 0) is 15.3 Å². The van der Waals surface area contributed by atoms with Crippen molar-refractivity contribution in [2.75, 3.05) is 25.4 Å². The monoisotopic (exact) mass is 387 g/mol. The lowest BCUT2D eigenvalue weighted by molar-refractivity contribution is -0.131. The lowest BCUT2D eigenvalue weighted by atomic mass is 10.2. The summed E-state index contributed by atoms with van der Waals surface area (Å²) < 4.78 is 5.50. The number of rotatable bonds is 8. The van der Waals surface area contributed by atoms with Crippen LogP contribution < -0.4 is 5.32 Å². The Balaban J connectivity index is 1.34. The van der Waals surface area contributed by atoms with Gasteiger partial charge >= 0.3 is 0 Å². The number of benzene rings is 1. The number of aromatic nitrogens is 1. The lowest BCUT2D eigenvalue weighted by Gasteiger charge is -2.20. The van der Waals surface area contributed by atoms with E-state index in [9.17, 15) is 9.59 Å². The van der Waals surface area contributed by atoms with Crippen molar-refractivity contribution in [2.24, 2.45) is 0 Å². The summed E-state index contributed by atoms with van der Waals surface area (Å²) in [6, 6.07) is 9.73. The second-order valence-electron chi connectivity index (χ2n) is 6.54. The molecule has 0 unspecified atom stereocenters. The van der Waals surface area contributed by atoms with Crippen LogP contribution in [0.1, 0.15) is 31.4 Å². The number of oxazole rings is 1. The molecular weight excluding hydrogens is 362 g/mol. The van der Waals surface area contributed by atoms with E-state index in [1.165, 1.54) is 11.8 Å². The van der Waals surface area contributed by atoms with Gasteiger partial charge in [-0.2, -0.15) is 0 Å². The summed E-state index contributed by atoms with van der Waals surface area (Å²) in [5.41, 5.74) is 1.76. The first-order valence-corrected chi connectivity index (χ1v) is 10.5. The molecule has 0 bridgehead atoms. The number of nitrogens with zero attached hydrogens (tertiary/aromatic N) is 2. The summed E-state index contributed by atoms with van der Waals surface area (Å²) in [4.78, 5) is 30.2. The van der Waals surface area contributed by atoms with Gasteiger partial charge in [-0.1, -0.05) is 24.6 Å². The molecule has 6 nitrogen and oxygen atoms in total. The minimum atomic E-state index is -0.0194. The predicted molar refractivity (Wildman–Crippen MR) is 106 cm³/mol. The van der Waals surface area contributed by atoms with E-state index >= 15 is 0 Å². The Kier molecular flexibility index (Phi) is 7.33. The van der Waals surface area contributed by atoms with Crippen LogP contribution in [0.25, 0.3) is 11.5 Å². The molecule has 0 radical (unpaired) electrons. The van der Waals surface area contributed by atoms with E-state index in [1.54, 1.807) is 6.26 Å². The quantitative estimate of drug-likeness (QED) is 0.753. The number of amides is 2. The Morgan fingerprint density at radius 1 is 1.22 bits per heavy atom. The molecule has 1 N–H and O–H groups in total. The first kappa shape index (κ1) is 19.5. The zero-order valence-corrected chi connectivity index (χ0v) is 16.2. The van der Waals surface area contributed by atoms with E-state index in [0.717, 1.165) is 37.1 Å². The summed E-state index contributed by atoms with van der Waals surface area (Å²) in [6.07, 6.45) is 5.41. The maximum Gasteiger partial charge on any atom is 0.230 e. The largest absolute Gasteiger partial charge is 0.444 e. The van der Waals surface area contributed by atoms with Crippen LogP contribution >= 0.6 is 11.8 Å². The number of hydrogen-bond acceptors (Lipinski definition) is 5. The SMILES string of the molecule is O=C(CSCc1coc(-c2ccccc2)n1)NCCN1CCCCCC1=O. The lowest BCUT2D eigenvalue weighted by Crippen LogP contribution is -2.38. The van der Waals surface area contributed by atoms with Crippen LogP contribution in [-0.4, -0.2) is 47.1 Å². The molecule has 1 aromatic heterocycles. The van der Waals surface area contributed by atoms with Gasteiger partial charge in [-0.15, -0.1) is 11.8 Å². The standard InChI is InChI=1S/C20H25N3O3S/c24-18(21-10-12-23-11-6-2-5-9-19(23)25)15-27-14-17-13-26-20(22-17)16-7-3-1-4-8-16/h1,3-4,7-8,13H,2,5-6,9-12,14-15H2,(H,21,24). The molecule has 144 valence electrons. The summed E-state index contributed by atoms with van der Waals surface area (Å²) in [5.74, 6) is 1.76.